The third-order valence-corrected chi connectivity index (χ3v) is 4.20. The molecular weight excluding hydrogens is 278 g/mol. The van der Waals surface area contributed by atoms with Crippen LogP contribution in [0, 0.1) is 0 Å². The maximum atomic E-state index is 5.16. The minimum absolute atomic E-state index is 0.485. The Morgan fingerprint density at radius 3 is 0.870 bits per heavy atom. The largest absolute Gasteiger partial charge is 0.257 e. The number of rotatable bonds is 5. The van der Waals surface area contributed by atoms with Crippen LogP contribution in [0.3, 0.4) is 0 Å². The molecule has 0 saturated carbocycles. The van der Waals surface area contributed by atoms with Crippen molar-refractivity contribution < 1.29 is 0 Å². The van der Waals surface area contributed by atoms with Gasteiger partial charge >= 0.3 is 0 Å². The average Bonchev–Trinajstić information content (AvgIpc) is 2.46. The van der Waals surface area contributed by atoms with Crippen molar-refractivity contribution >= 4 is 0 Å². The fourth-order valence-electron chi connectivity index (χ4n) is 3.39. The fraction of sp³-hybridized carbons (Fsp3) is 0.773. The van der Waals surface area contributed by atoms with E-state index in [0.29, 0.717) is 29.6 Å². The van der Waals surface area contributed by atoms with E-state index in [1.165, 1.54) is 22.5 Å². The number of hydrogen-bond acceptors (Lipinski definition) is 1. The number of nitrogens with zero attached hydrogens (tertiary/aromatic N) is 1. The highest BCUT2D eigenvalue weighted by molar-refractivity contribution is 5.47. The standard InChI is InChI=1S/C20H35N.C2H6/c1-11(2)16-17(12(3)4)19(14(7)8)21-20(15(9)10)18(16)13(5)6;1-2/h11-15H,1-10H3;1-2H3. The highest BCUT2D eigenvalue weighted by Gasteiger charge is 2.26. The van der Waals surface area contributed by atoms with Gasteiger partial charge in [0.05, 0.1) is 0 Å². The molecule has 0 radical (unpaired) electrons. The zero-order valence-electron chi connectivity index (χ0n) is 17.8. The van der Waals surface area contributed by atoms with Crippen molar-refractivity contribution in [1.29, 1.82) is 0 Å². The highest BCUT2D eigenvalue weighted by Crippen LogP contribution is 2.40. The van der Waals surface area contributed by atoms with Gasteiger partial charge in [0, 0.05) is 11.4 Å². The molecule has 0 aliphatic rings. The Morgan fingerprint density at radius 2 is 0.696 bits per heavy atom. The van der Waals surface area contributed by atoms with Crippen LogP contribution in [0.2, 0.25) is 0 Å². The third-order valence-electron chi connectivity index (χ3n) is 4.20. The Labute approximate surface area is 146 Å². The molecule has 0 unspecified atom stereocenters. The summed E-state index contributed by atoms with van der Waals surface area (Å²) in [5.41, 5.74) is 7.23. The van der Waals surface area contributed by atoms with Crippen LogP contribution in [0.5, 0.6) is 0 Å². The number of aromatic nitrogens is 1. The summed E-state index contributed by atoms with van der Waals surface area (Å²) >= 11 is 0. The molecule has 134 valence electrons. The van der Waals surface area contributed by atoms with E-state index in [0.717, 1.165) is 0 Å². The Balaban J connectivity index is 0.00000232. The molecule has 0 bridgehead atoms. The summed E-state index contributed by atoms with van der Waals surface area (Å²) in [6.07, 6.45) is 0. The van der Waals surface area contributed by atoms with Gasteiger partial charge in [-0.05, 0) is 46.3 Å². The normalized spacial score (nSPS) is 11.7. The van der Waals surface area contributed by atoms with Crippen molar-refractivity contribution in [2.75, 3.05) is 0 Å². The van der Waals surface area contributed by atoms with Crippen LogP contribution < -0.4 is 0 Å². The predicted octanol–water partition coefficient (Wildman–Crippen LogP) is 7.72. The number of pyridine rings is 1. The maximum absolute atomic E-state index is 5.16. The first-order valence-electron chi connectivity index (χ1n) is 9.66. The van der Waals surface area contributed by atoms with Crippen molar-refractivity contribution in [3.63, 3.8) is 0 Å². The molecule has 0 aromatic carbocycles. The van der Waals surface area contributed by atoms with Gasteiger partial charge < -0.3 is 0 Å². The molecule has 1 nitrogen and oxygen atoms in total. The van der Waals surface area contributed by atoms with Crippen LogP contribution in [0.4, 0.5) is 0 Å². The zero-order chi connectivity index (χ0) is 18.5. The molecule has 0 saturated heterocycles. The van der Waals surface area contributed by atoms with E-state index in [-0.39, 0.29) is 0 Å². The number of hydrogen-bond donors (Lipinski definition) is 0. The van der Waals surface area contributed by atoms with E-state index in [2.05, 4.69) is 69.2 Å². The Hall–Kier alpha value is -0.850. The Bertz CT molecular complexity index is 441. The van der Waals surface area contributed by atoms with Gasteiger partial charge in [0.25, 0.3) is 0 Å². The van der Waals surface area contributed by atoms with E-state index in [4.69, 9.17) is 4.98 Å². The van der Waals surface area contributed by atoms with Gasteiger partial charge in [-0.15, -0.1) is 0 Å². The molecule has 0 fully saturated rings. The first-order chi connectivity index (χ1) is 10.6. The van der Waals surface area contributed by atoms with Crippen LogP contribution in [0.15, 0.2) is 0 Å². The summed E-state index contributed by atoms with van der Waals surface area (Å²) in [7, 11) is 0. The van der Waals surface area contributed by atoms with Gasteiger partial charge in [-0.25, -0.2) is 0 Å². The van der Waals surface area contributed by atoms with E-state index in [1.807, 2.05) is 13.8 Å². The van der Waals surface area contributed by atoms with E-state index < -0.39 is 0 Å². The summed E-state index contributed by atoms with van der Waals surface area (Å²) < 4.78 is 0. The zero-order valence-corrected chi connectivity index (χ0v) is 17.8. The smallest absolute Gasteiger partial charge is 0.0470 e. The Kier molecular flexibility index (Phi) is 9.10. The fourth-order valence-corrected chi connectivity index (χ4v) is 3.39. The summed E-state index contributed by atoms with van der Waals surface area (Å²) in [5, 5.41) is 0. The second-order valence-corrected chi connectivity index (χ2v) is 7.90. The van der Waals surface area contributed by atoms with Crippen LogP contribution >= 0.6 is 0 Å². The molecule has 0 aliphatic heterocycles. The van der Waals surface area contributed by atoms with Crippen molar-refractivity contribution in [1.82, 2.24) is 4.98 Å². The lowest BCUT2D eigenvalue weighted by Crippen LogP contribution is -2.16. The molecule has 0 spiro atoms. The molecule has 1 heterocycles. The second-order valence-electron chi connectivity index (χ2n) is 7.90. The molecular formula is C22H41N. The maximum Gasteiger partial charge on any atom is 0.0470 e. The van der Waals surface area contributed by atoms with Gasteiger partial charge in [-0.3, -0.25) is 4.98 Å². The predicted molar refractivity (Wildman–Crippen MR) is 106 cm³/mol. The van der Waals surface area contributed by atoms with Crippen LogP contribution in [-0.4, -0.2) is 4.98 Å². The SMILES string of the molecule is CC.CC(C)c1nc(C(C)C)c(C(C)C)c(C(C)C)c1C(C)C. The quantitative estimate of drug-likeness (QED) is 0.541. The third kappa shape index (κ3) is 5.06. The van der Waals surface area contributed by atoms with E-state index in [1.54, 1.807) is 5.56 Å². The average molecular weight is 320 g/mol. The highest BCUT2D eigenvalue weighted by atomic mass is 14.7. The second kappa shape index (κ2) is 9.45. The minimum Gasteiger partial charge on any atom is -0.257 e. The first-order valence-corrected chi connectivity index (χ1v) is 9.66. The van der Waals surface area contributed by atoms with Crippen LogP contribution in [-0.2, 0) is 0 Å². The molecule has 0 amide bonds. The van der Waals surface area contributed by atoms with Crippen LogP contribution in [0.1, 0.15) is 141 Å². The molecule has 0 atom stereocenters. The van der Waals surface area contributed by atoms with Gasteiger partial charge in [-0.1, -0.05) is 83.1 Å². The van der Waals surface area contributed by atoms with Gasteiger partial charge in [0.1, 0.15) is 0 Å². The molecule has 1 heteroatoms. The van der Waals surface area contributed by atoms with Crippen molar-refractivity contribution in [2.24, 2.45) is 0 Å². The summed E-state index contributed by atoms with van der Waals surface area (Å²) in [6, 6.07) is 0. The first kappa shape index (κ1) is 22.1. The van der Waals surface area contributed by atoms with Crippen molar-refractivity contribution in [3.05, 3.63) is 28.1 Å². The summed E-state index contributed by atoms with van der Waals surface area (Å²) in [6.45, 7) is 27.0. The monoisotopic (exact) mass is 319 g/mol. The molecule has 1 aromatic heterocycles. The lowest BCUT2D eigenvalue weighted by Gasteiger charge is -2.29. The van der Waals surface area contributed by atoms with Gasteiger partial charge in [-0.2, -0.15) is 0 Å². The van der Waals surface area contributed by atoms with Crippen LogP contribution in [0.25, 0.3) is 0 Å². The lowest BCUT2D eigenvalue weighted by atomic mass is 9.78. The minimum atomic E-state index is 0.485. The molecule has 23 heavy (non-hydrogen) atoms. The lowest BCUT2D eigenvalue weighted by molar-refractivity contribution is 0.662. The van der Waals surface area contributed by atoms with Gasteiger partial charge in [0.15, 0.2) is 0 Å². The van der Waals surface area contributed by atoms with Gasteiger partial charge in [0.2, 0.25) is 0 Å². The topological polar surface area (TPSA) is 12.9 Å². The summed E-state index contributed by atoms with van der Waals surface area (Å²) in [5.74, 6) is 2.59. The van der Waals surface area contributed by atoms with E-state index >= 15 is 0 Å². The van der Waals surface area contributed by atoms with E-state index in [9.17, 15) is 0 Å². The van der Waals surface area contributed by atoms with Crippen molar-refractivity contribution in [3.8, 4) is 0 Å². The summed E-state index contributed by atoms with van der Waals surface area (Å²) in [4.78, 5) is 5.16. The Morgan fingerprint density at radius 1 is 0.435 bits per heavy atom. The molecule has 1 rings (SSSR count). The molecule has 0 aliphatic carbocycles. The molecule has 1 aromatic rings. The molecule has 0 N–H and O–H groups in total. The van der Waals surface area contributed by atoms with Crippen molar-refractivity contribution in [2.45, 2.75) is 113 Å².